The smallest absolute Gasteiger partial charge is 0.142 e. The molecular formula is C13H19BrClN3. The minimum Gasteiger partial charge on any atom is -0.356 e. The van der Waals surface area contributed by atoms with E-state index in [2.05, 4.69) is 31.1 Å². The summed E-state index contributed by atoms with van der Waals surface area (Å²) in [5.41, 5.74) is 0. The molecule has 1 aliphatic heterocycles. The predicted molar refractivity (Wildman–Crippen MR) is 80.4 cm³/mol. The van der Waals surface area contributed by atoms with E-state index < -0.39 is 0 Å². The fourth-order valence-corrected chi connectivity index (χ4v) is 3.31. The van der Waals surface area contributed by atoms with Gasteiger partial charge in [0.15, 0.2) is 0 Å². The standard InChI is InChI=1S/C13H19BrClN3/c1-16-5-2-10-3-6-18(7-4-10)13-12(14)8-11(15)9-17-13/h8-10,16H,2-7H2,1H3. The Balaban J connectivity index is 1.93. The van der Waals surface area contributed by atoms with Crippen LogP contribution in [0.3, 0.4) is 0 Å². The van der Waals surface area contributed by atoms with Crippen LogP contribution in [0.1, 0.15) is 19.3 Å². The fraction of sp³-hybridized carbons (Fsp3) is 0.615. The Hall–Kier alpha value is -0.320. The molecule has 5 heteroatoms. The Morgan fingerprint density at radius 3 is 2.83 bits per heavy atom. The number of hydrogen-bond acceptors (Lipinski definition) is 3. The Kier molecular flexibility index (Phi) is 5.27. The van der Waals surface area contributed by atoms with Gasteiger partial charge in [0.2, 0.25) is 0 Å². The molecule has 1 aliphatic rings. The number of piperidine rings is 1. The summed E-state index contributed by atoms with van der Waals surface area (Å²) >= 11 is 9.46. The van der Waals surface area contributed by atoms with Gasteiger partial charge in [-0.25, -0.2) is 4.98 Å². The van der Waals surface area contributed by atoms with Gasteiger partial charge in [-0.1, -0.05) is 11.6 Å². The molecule has 1 fully saturated rings. The first kappa shape index (κ1) is 14.1. The molecule has 2 heterocycles. The summed E-state index contributed by atoms with van der Waals surface area (Å²) in [6.45, 7) is 3.29. The van der Waals surface area contributed by atoms with Gasteiger partial charge in [-0.15, -0.1) is 0 Å². The highest BCUT2D eigenvalue weighted by Crippen LogP contribution is 2.30. The molecule has 100 valence electrons. The first-order valence-electron chi connectivity index (χ1n) is 6.41. The van der Waals surface area contributed by atoms with Gasteiger partial charge >= 0.3 is 0 Å². The molecule has 0 aromatic carbocycles. The Morgan fingerprint density at radius 2 is 2.22 bits per heavy atom. The molecule has 0 atom stereocenters. The molecule has 2 rings (SSSR count). The van der Waals surface area contributed by atoms with E-state index in [4.69, 9.17) is 11.6 Å². The van der Waals surface area contributed by atoms with Gasteiger partial charge in [0.25, 0.3) is 0 Å². The number of rotatable bonds is 4. The van der Waals surface area contributed by atoms with Crippen LogP contribution < -0.4 is 10.2 Å². The number of aromatic nitrogens is 1. The number of pyridine rings is 1. The lowest BCUT2D eigenvalue weighted by Crippen LogP contribution is -2.35. The summed E-state index contributed by atoms with van der Waals surface area (Å²) in [7, 11) is 2.02. The summed E-state index contributed by atoms with van der Waals surface area (Å²) in [5, 5.41) is 3.90. The second kappa shape index (κ2) is 6.73. The maximum absolute atomic E-state index is 5.92. The lowest BCUT2D eigenvalue weighted by atomic mass is 9.93. The average molecular weight is 333 g/mol. The Labute approximate surface area is 122 Å². The quantitative estimate of drug-likeness (QED) is 0.917. The van der Waals surface area contributed by atoms with Crippen LogP contribution in [0.2, 0.25) is 5.02 Å². The Bertz CT molecular complexity index is 392. The maximum atomic E-state index is 5.92. The molecule has 1 aromatic rings. The van der Waals surface area contributed by atoms with Crippen molar-refractivity contribution in [1.82, 2.24) is 10.3 Å². The van der Waals surface area contributed by atoms with Crippen molar-refractivity contribution in [1.29, 1.82) is 0 Å². The third-order valence-corrected chi connectivity index (χ3v) is 4.30. The van der Waals surface area contributed by atoms with Crippen molar-refractivity contribution in [2.24, 2.45) is 5.92 Å². The van der Waals surface area contributed by atoms with Crippen LogP contribution in [-0.4, -0.2) is 31.7 Å². The molecule has 0 amide bonds. The molecule has 0 spiro atoms. The monoisotopic (exact) mass is 331 g/mol. The highest BCUT2D eigenvalue weighted by Gasteiger charge is 2.21. The molecule has 0 unspecified atom stereocenters. The molecule has 0 saturated carbocycles. The molecule has 0 aliphatic carbocycles. The lowest BCUT2D eigenvalue weighted by Gasteiger charge is -2.33. The zero-order valence-corrected chi connectivity index (χ0v) is 13.0. The van der Waals surface area contributed by atoms with Crippen LogP contribution in [0.4, 0.5) is 5.82 Å². The molecule has 18 heavy (non-hydrogen) atoms. The normalized spacial score (nSPS) is 17.2. The van der Waals surface area contributed by atoms with Crippen molar-refractivity contribution in [3.8, 4) is 0 Å². The SMILES string of the molecule is CNCCC1CCN(c2ncc(Cl)cc2Br)CC1. The summed E-state index contributed by atoms with van der Waals surface area (Å²) in [4.78, 5) is 6.77. The number of halogens is 2. The first-order valence-corrected chi connectivity index (χ1v) is 7.58. The van der Waals surface area contributed by atoms with Gasteiger partial charge in [-0.05, 0) is 60.8 Å². The highest BCUT2D eigenvalue weighted by molar-refractivity contribution is 9.10. The van der Waals surface area contributed by atoms with Gasteiger partial charge in [-0.2, -0.15) is 0 Å². The zero-order valence-electron chi connectivity index (χ0n) is 10.6. The van der Waals surface area contributed by atoms with E-state index in [-0.39, 0.29) is 0 Å². The number of hydrogen-bond donors (Lipinski definition) is 1. The summed E-state index contributed by atoms with van der Waals surface area (Å²) in [6.07, 6.45) is 5.49. The van der Waals surface area contributed by atoms with E-state index in [0.717, 1.165) is 35.8 Å². The summed E-state index contributed by atoms with van der Waals surface area (Å²) in [6, 6.07) is 1.91. The largest absolute Gasteiger partial charge is 0.356 e. The van der Waals surface area contributed by atoms with Gasteiger partial charge in [0.1, 0.15) is 5.82 Å². The summed E-state index contributed by atoms with van der Waals surface area (Å²) < 4.78 is 0.990. The number of anilines is 1. The van der Waals surface area contributed by atoms with Crippen molar-refractivity contribution in [2.45, 2.75) is 19.3 Å². The second-order valence-electron chi connectivity index (χ2n) is 4.78. The molecular weight excluding hydrogens is 314 g/mol. The van der Waals surface area contributed by atoms with Crippen LogP contribution in [0, 0.1) is 5.92 Å². The average Bonchev–Trinajstić information content (AvgIpc) is 2.37. The van der Waals surface area contributed by atoms with Crippen LogP contribution in [-0.2, 0) is 0 Å². The predicted octanol–water partition coefficient (Wildman–Crippen LogP) is 3.32. The molecule has 3 nitrogen and oxygen atoms in total. The van der Waals surface area contributed by atoms with Gasteiger partial charge < -0.3 is 10.2 Å². The number of nitrogens with zero attached hydrogens (tertiary/aromatic N) is 2. The zero-order chi connectivity index (χ0) is 13.0. The van der Waals surface area contributed by atoms with Crippen LogP contribution >= 0.6 is 27.5 Å². The van der Waals surface area contributed by atoms with E-state index in [9.17, 15) is 0 Å². The molecule has 0 radical (unpaired) electrons. The van der Waals surface area contributed by atoms with E-state index in [1.165, 1.54) is 19.3 Å². The third-order valence-electron chi connectivity index (χ3n) is 3.51. The van der Waals surface area contributed by atoms with Crippen molar-refractivity contribution in [2.75, 3.05) is 31.6 Å². The van der Waals surface area contributed by atoms with Crippen LogP contribution in [0.15, 0.2) is 16.7 Å². The topological polar surface area (TPSA) is 28.2 Å². The highest BCUT2D eigenvalue weighted by atomic mass is 79.9. The van der Waals surface area contributed by atoms with Crippen molar-refractivity contribution in [3.63, 3.8) is 0 Å². The first-order chi connectivity index (χ1) is 8.70. The lowest BCUT2D eigenvalue weighted by molar-refractivity contribution is 0.377. The van der Waals surface area contributed by atoms with E-state index in [0.29, 0.717) is 5.02 Å². The van der Waals surface area contributed by atoms with Crippen LogP contribution in [0.25, 0.3) is 0 Å². The van der Waals surface area contributed by atoms with Crippen molar-refractivity contribution >= 4 is 33.3 Å². The van der Waals surface area contributed by atoms with E-state index in [1.54, 1.807) is 6.20 Å². The van der Waals surface area contributed by atoms with Crippen molar-refractivity contribution in [3.05, 3.63) is 21.8 Å². The number of nitrogens with one attached hydrogen (secondary N) is 1. The molecule has 1 saturated heterocycles. The van der Waals surface area contributed by atoms with E-state index in [1.807, 2.05) is 13.1 Å². The Morgan fingerprint density at radius 1 is 1.50 bits per heavy atom. The molecule has 1 N–H and O–H groups in total. The van der Waals surface area contributed by atoms with E-state index >= 15 is 0 Å². The van der Waals surface area contributed by atoms with Crippen LogP contribution in [0.5, 0.6) is 0 Å². The minimum absolute atomic E-state index is 0.675. The summed E-state index contributed by atoms with van der Waals surface area (Å²) in [5.74, 6) is 1.87. The van der Waals surface area contributed by atoms with Gasteiger partial charge in [0.05, 0.1) is 9.50 Å². The third kappa shape index (κ3) is 3.59. The second-order valence-corrected chi connectivity index (χ2v) is 6.07. The molecule has 0 bridgehead atoms. The fourth-order valence-electron chi connectivity index (χ4n) is 2.42. The maximum Gasteiger partial charge on any atom is 0.142 e. The van der Waals surface area contributed by atoms with Crippen molar-refractivity contribution < 1.29 is 0 Å². The van der Waals surface area contributed by atoms with Gasteiger partial charge in [-0.3, -0.25) is 0 Å². The minimum atomic E-state index is 0.675. The molecule has 1 aromatic heterocycles. The van der Waals surface area contributed by atoms with Gasteiger partial charge in [0, 0.05) is 19.3 Å².